The normalized spacial score (nSPS) is 17.4. The number of rotatable bonds is 7. The predicted octanol–water partition coefficient (Wildman–Crippen LogP) is 5.57. The first kappa shape index (κ1) is 20.9. The number of hydrogen-bond acceptors (Lipinski definition) is 6. The number of nitrogens with zero attached hydrogens (tertiary/aromatic N) is 3. The molecule has 1 aromatic carbocycles. The highest BCUT2D eigenvalue weighted by Crippen LogP contribution is 2.31. The molecule has 158 valence electrons. The van der Waals surface area contributed by atoms with Crippen LogP contribution in [-0.4, -0.2) is 40.5 Å². The molecule has 0 spiro atoms. The standard InChI is InChI=1S/C24H29N3O2S/c1-16-8-10-19(14-17(16)2)21(28)7-5-13-27-12-4-6-20(15-27)23-25-26-24(29-23)22-11-9-18(3)30-22/h8-11,14,20H,4-7,12-13,15H2,1-3H3/t20-/m1/s1. The predicted molar refractivity (Wildman–Crippen MR) is 120 cm³/mol. The Labute approximate surface area is 182 Å². The van der Waals surface area contributed by atoms with Crippen LogP contribution in [0.25, 0.3) is 10.8 Å². The molecular weight excluding hydrogens is 394 g/mol. The summed E-state index contributed by atoms with van der Waals surface area (Å²) < 4.78 is 6.00. The summed E-state index contributed by atoms with van der Waals surface area (Å²) in [6, 6.07) is 10.1. The average molecular weight is 424 g/mol. The number of piperidine rings is 1. The average Bonchev–Trinajstić information content (AvgIpc) is 3.39. The molecule has 0 amide bonds. The monoisotopic (exact) mass is 423 g/mol. The van der Waals surface area contributed by atoms with Crippen molar-refractivity contribution in [1.82, 2.24) is 15.1 Å². The molecule has 3 aromatic rings. The Morgan fingerprint density at radius 1 is 1.17 bits per heavy atom. The highest BCUT2D eigenvalue weighted by atomic mass is 32.1. The van der Waals surface area contributed by atoms with Gasteiger partial charge in [-0.2, -0.15) is 0 Å². The van der Waals surface area contributed by atoms with Crippen molar-refractivity contribution in [2.24, 2.45) is 0 Å². The van der Waals surface area contributed by atoms with Crippen molar-refractivity contribution in [2.75, 3.05) is 19.6 Å². The summed E-state index contributed by atoms with van der Waals surface area (Å²) >= 11 is 1.68. The lowest BCUT2D eigenvalue weighted by Crippen LogP contribution is -2.35. The zero-order valence-corrected chi connectivity index (χ0v) is 18.8. The third kappa shape index (κ3) is 4.87. The van der Waals surface area contributed by atoms with Crippen LogP contribution >= 0.6 is 11.3 Å². The number of carbonyl (C=O) groups excluding carboxylic acids is 1. The first-order valence-electron chi connectivity index (χ1n) is 10.7. The molecule has 0 saturated carbocycles. The molecule has 5 nitrogen and oxygen atoms in total. The molecule has 1 fully saturated rings. The first-order chi connectivity index (χ1) is 14.5. The smallest absolute Gasteiger partial charge is 0.257 e. The van der Waals surface area contributed by atoms with Crippen LogP contribution in [0.2, 0.25) is 0 Å². The van der Waals surface area contributed by atoms with Crippen LogP contribution in [0.15, 0.2) is 34.7 Å². The van der Waals surface area contributed by atoms with Gasteiger partial charge in [0.2, 0.25) is 5.89 Å². The minimum absolute atomic E-state index is 0.236. The molecule has 0 unspecified atom stereocenters. The van der Waals surface area contributed by atoms with Crippen molar-refractivity contribution < 1.29 is 9.21 Å². The Bertz CT molecular complexity index is 1020. The number of aromatic nitrogens is 2. The first-order valence-corrected chi connectivity index (χ1v) is 11.5. The molecule has 1 aliphatic rings. The van der Waals surface area contributed by atoms with Crippen LogP contribution in [0.3, 0.4) is 0 Å². The molecular formula is C24H29N3O2S. The summed E-state index contributed by atoms with van der Waals surface area (Å²) in [5, 5.41) is 8.60. The van der Waals surface area contributed by atoms with E-state index in [-0.39, 0.29) is 11.7 Å². The van der Waals surface area contributed by atoms with E-state index < -0.39 is 0 Å². The van der Waals surface area contributed by atoms with Gasteiger partial charge < -0.3 is 9.32 Å². The van der Waals surface area contributed by atoms with Gasteiger partial charge in [0.15, 0.2) is 5.78 Å². The van der Waals surface area contributed by atoms with Gasteiger partial charge in [-0.05, 0) is 82.4 Å². The van der Waals surface area contributed by atoms with Crippen molar-refractivity contribution in [3.8, 4) is 10.8 Å². The number of aryl methyl sites for hydroxylation is 3. The summed E-state index contributed by atoms with van der Waals surface area (Å²) in [5.41, 5.74) is 3.23. The lowest BCUT2D eigenvalue weighted by molar-refractivity contribution is 0.0971. The number of thiophene rings is 1. The number of benzene rings is 1. The molecule has 0 radical (unpaired) electrons. The fourth-order valence-electron chi connectivity index (χ4n) is 4.03. The van der Waals surface area contributed by atoms with E-state index in [1.165, 1.54) is 16.0 Å². The maximum atomic E-state index is 12.5. The Morgan fingerprint density at radius 2 is 2.03 bits per heavy atom. The van der Waals surface area contributed by atoms with E-state index in [9.17, 15) is 4.79 Å². The van der Waals surface area contributed by atoms with Crippen molar-refractivity contribution in [1.29, 1.82) is 0 Å². The van der Waals surface area contributed by atoms with Gasteiger partial charge in [0, 0.05) is 23.4 Å². The summed E-state index contributed by atoms with van der Waals surface area (Å²) in [7, 11) is 0. The van der Waals surface area contributed by atoms with E-state index in [1.807, 2.05) is 24.3 Å². The van der Waals surface area contributed by atoms with E-state index in [1.54, 1.807) is 11.3 Å². The maximum Gasteiger partial charge on any atom is 0.257 e. The summed E-state index contributed by atoms with van der Waals surface area (Å²) in [6.45, 7) is 9.13. The summed E-state index contributed by atoms with van der Waals surface area (Å²) in [4.78, 5) is 17.2. The van der Waals surface area contributed by atoms with Crippen LogP contribution in [0.4, 0.5) is 0 Å². The molecule has 0 aliphatic carbocycles. The minimum atomic E-state index is 0.236. The zero-order chi connectivity index (χ0) is 21.1. The lowest BCUT2D eigenvalue weighted by atomic mass is 9.97. The van der Waals surface area contributed by atoms with Gasteiger partial charge in [-0.25, -0.2) is 0 Å². The molecule has 0 bridgehead atoms. The van der Waals surface area contributed by atoms with Gasteiger partial charge >= 0.3 is 0 Å². The third-order valence-corrected chi connectivity index (χ3v) is 6.94. The van der Waals surface area contributed by atoms with Crippen molar-refractivity contribution in [3.63, 3.8) is 0 Å². The van der Waals surface area contributed by atoms with Gasteiger partial charge in [0.25, 0.3) is 5.89 Å². The highest BCUT2D eigenvalue weighted by Gasteiger charge is 2.26. The molecule has 6 heteroatoms. The second kappa shape index (κ2) is 9.23. The molecule has 3 heterocycles. The van der Waals surface area contributed by atoms with E-state index in [0.29, 0.717) is 12.3 Å². The number of ketones is 1. The van der Waals surface area contributed by atoms with Crippen molar-refractivity contribution >= 4 is 17.1 Å². The van der Waals surface area contributed by atoms with E-state index in [2.05, 4.69) is 41.9 Å². The molecule has 4 rings (SSSR count). The van der Waals surface area contributed by atoms with Gasteiger partial charge in [-0.3, -0.25) is 4.79 Å². The zero-order valence-electron chi connectivity index (χ0n) is 18.0. The van der Waals surface area contributed by atoms with Crippen molar-refractivity contribution in [2.45, 2.75) is 52.4 Å². The Kier molecular flexibility index (Phi) is 6.44. The largest absolute Gasteiger partial charge is 0.420 e. The summed E-state index contributed by atoms with van der Waals surface area (Å²) in [5.74, 6) is 1.88. The van der Waals surface area contributed by atoms with Crippen LogP contribution in [0, 0.1) is 20.8 Å². The molecule has 1 saturated heterocycles. The molecule has 0 N–H and O–H groups in total. The van der Waals surface area contributed by atoms with Crippen LogP contribution in [0.5, 0.6) is 0 Å². The van der Waals surface area contributed by atoms with Gasteiger partial charge in [0.05, 0.1) is 10.8 Å². The number of carbonyl (C=O) groups is 1. The number of likely N-dealkylation sites (tertiary alicyclic amines) is 1. The number of hydrogen-bond donors (Lipinski definition) is 0. The second-order valence-electron chi connectivity index (χ2n) is 8.32. The molecule has 2 aromatic heterocycles. The molecule has 1 atom stereocenters. The Balaban J connectivity index is 1.29. The van der Waals surface area contributed by atoms with E-state index in [0.717, 1.165) is 55.2 Å². The quantitative estimate of drug-likeness (QED) is 0.465. The maximum absolute atomic E-state index is 12.5. The number of Topliss-reactive ketones (excluding diaryl/α,β-unsaturated/α-hetero) is 1. The fourth-order valence-corrected chi connectivity index (χ4v) is 4.82. The van der Waals surface area contributed by atoms with E-state index in [4.69, 9.17) is 4.42 Å². The van der Waals surface area contributed by atoms with Crippen LogP contribution in [-0.2, 0) is 0 Å². The molecule has 1 aliphatic heterocycles. The summed E-state index contributed by atoms with van der Waals surface area (Å²) in [6.07, 6.45) is 3.66. The third-order valence-electron chi connectivity index (χ3n) is 5.95. The van der Waals surface area contributed by atoms with Crippen LogP contribution in [0.1, 0.15) is 63.9 Å². The van der Waals surface area contributed by atoms with Gasteiger partial charge in [-0.1, -0.05) is 12.1 Å². The SMILES string of the molecule is Cc1ccc(-c2nnc([C@@H]3CCCN(CCCC(=O)c4ccc(C)c(C)c4)C3)o2)s1. The lowest BCUT2D eigenvalue weighted by Gasteiger charge is -2.30. The van der Waals surface area contributed by atoms with Crippen LogP contribution < -0.4 is 0 Å². The second-order valence-corrected chi connectivity index (χ2v) is 9.61. The molecule has 30 heavy (non-hydrogen) atoms. The van der Waals surface area contributed by atoms with Crippen molar-refractivity contribution in [3.05, 3.63) is 57.8 Å². The fraction of sp³-hybridized carbons (Fsp3) is 0.458. The minimum Gasteiger partial charge on any atom is -0.420 e. The highest BCUT2D eigenvalue weighted by molar-refractivity contribution is 7.15. The Morgan fingerprint density at radius 3 is 2.80 bits per heavy atom. The van der Waals surface area contributed by atoms with Gasteiger partial charge in [0.1, 0.15) is 0 Å². The van der Waals surface area contributed by atoms with E-state index >= 15 is 0 Å². The van der Waals surface area contributed by atoms with Gasteiger partial charge in [-0.15, -0.1) is 21.5 Å². The Hall–Kier alpha value is -2.31. The topological polar surface area (TPSA) is 59.2 Å².